The van der Waals surface area contributed by atoms with Crippen LogP contribution in [-0.2, 0) is 5.75 Å². The molecule has 4 rings (SSSR count). The van der Waals surface area contributed by atoms with Crippen molar-refractivity contribution in [1.29, 1.82) is 0 Å². The third-order valence-electron chi connectivity index (χ3n) is 4.38. The molecule has 0 aliphatic rings. The van der Waals surface area contributed by atoms with Crippen molar-refractivity contribution in [2.45, 2.75) is 30.5 Å². The average Bonchev–Trinajstić information content (AvgIpc) is 3.42. The third-order valence-corrected chi connectivity index (χ3v) is 6.50. The van der Waals surface area contributed by atoms with Crippen LogP contribution in [0.2, 0.25) is 0 Å². The number of nitrogens with zero attached hydrogens (tertiary/aromatic N) is 3. The number of hydrogen-bond acceptors (Lipinski definition) is 7. The van der Waals surface area contributed by atoms with Gasteiger partial charge in [0.05, 0.1) is 28.7 Å². The number of benzene rings is 1. The van der Waals surface area contributed by atoms with Crippen molar-refractivity contribution in [2.24, 2.45) is 0 Å². The molecule has 0 aliphatic heterocycles. The number of pyridine rings is 1. The first-order chi connectivity index (χ1) is 14.6. The second kappa shape index (κ2) is 9.23. The summed E-state index contributed by atoms with van der Waals surface area (Å²) in [4.78, 5) is 22.6. The van der Waals surface area contributed by atoms with Gasteiger partial charge in [0.1, 0.15) is 10.8 Å². The number of thiazole rings is 1. The molecule has 1 amide bonds. The van der Waals surface area contributed by atoms with Gasteiger partial charge in [-0.05, 0) is 38.1 Å². The highest BCUT2D eigenvalue weighted by Crippen LogP contribution is 2.28. The quantitative estimate of drug-likeness (QED) is 0.397. The number of aryl methyl sites for hydroxylation is 1. The van der Waals surface area contributed by atoms with Gasteiger partial charge >= 0.3 is 0 Å². The number of carbonyl (C=O) groups excluding carboxylic acids is 1. The van der Waals surface area contributed by atoms with E-state index in [0.29, 0.717) is 11.3 Å². The maximum atomic E-state index is 12.9. The van der Waals surface area contributed by atoms with Gasteiger partial charge in [-0.3, -0.25) is 9.78 Å². The van der Waals surface area contributed by atoms with Gasteiger partial charge in [0.2, 0.25) is 0 Å². The van der Waals surface area contributed by atoms with Crippen molar-refractivity contribution in [2.75, 3.05) is 0 Å². The molecule has 152 valence electrons. The number of carbonyl (C=O) groups is 1. The van der Waals surface area contributed by atoms with Crippen molar-refractivity contribution in [3.8, 4) is 11.3 Å². The van der Waals surface area contributed by atoms with Crippen molar-refractivity contribution in [1.82, 2.24) is 20.4 Å². The Hall–Kier alpha value is -2.97. The summed E-state index contributed by atoms with van der Waals surface area (Å²) in [5.74, 6) is 1.27. The van der Waals surface area contributed by atoms with Crippen molar-refractivity contribution in [3.63, 3.8) is 0 Å². The molecule has 4 aromatic rings. The molecule has 3 heterocycles. The van der Waals surface area contributed by atoms with Crippen molar-refractivity contribution < 1.29 is 9.32 Å². The van der Waals surface area contributed by atoms with Crippen LogP contribution in [0.4, 0.5) is 0 Å². The number of thioether (sulfide) groups is 1. The Morgan fingerprint density at radius 1 is 1.27 bits per heavy atom. The van der Waals surface area contributed by atoms with E-state index in [2.05, 4.69) is 20.4 Å². The molecule has 6 nitrogen and oxygen atoms in total. The SMILES string of the molecule is Cc1cc(CSc2ccccc2C(=O)NC(C)c2nc(-c3cccnc3)cs2)on1. The van der Waals surface area contributed by atoms with Gasteiger partial charge in [-0.2, -0.15) is 0 Å². The van der Waals surface area contributed by atoms with E-state index in [-0.39, 0.29) is 11.9 Å². The maximum Gasteiger partial charge on any atom is 0.252 e. The molecule has 1 aromatic carbocycles. The Morgan fingerprint density at radius 2 is 2.13 bits per heavy atom. The molecule has 3 aromatic heterocycles. The predicted octanol–water partition coefficient (Wildman–Crippen LogP) is 5.28. The molecule has 0 fully saturated rings. The monoisotopic (exact) mass is 436 g/mol. The zero-order valence-electron chi connectivity index (χ0n) is 16.5. The van der Waals surface area contributed by atoms with E-state index >= 15 is 0 Å². The molecular formula is C22H20N4O2S2. The number of amides is 1. The van der Waals surface area contributed by atoms with Crippen LogP contribution in [0.3, 0.4) is 0 Å². The lowest BCUT2D eigenvalue weighted by molar-refractivity contribution is 0.0937. The van der Waals surface area contributed by atoms with Crippen LogP contribution in [0, 0.1) is 6.92 Å². The summed E-state index contributed by atoms with van der Waals surface area (Å²) >= 11 is 3.08. The van der Waals surface area contributed by atoms with Crippen molar-refractivity contribution >= 4 is 29.0 Å². The molecule has 0 spiro atoms. The van der Waals surface area contributed by atoms with E-state index in [4.69, 9.17) is 4.52 Å². The minimum atomic E-state index is -0.206. The minimum absolute atomic E-state index is 0.127. The fourth-order valence-corrected chi connectivity index (χ4v) is 4.64. The molecule has 1 atom stereocenters. The maximum absolute atomic E-state index is 12.9. The van der Waals surface area contributed by atoms with Crippen LogP contribution in [0.1, 0.15) is 39.8 Å². The van der Waals surface area contributed by atoms with Crippen LogP contribution < -0.4 is 5.32 Å². The van der Waals surface area contributed by atoms with Crippen molar-refractivity contribution in [3.05, 3.63) is 82.3 Å². The molecule has 30 heavy (non-hydrogen) atoms. The lowest BCUT2D eigenvalue weighted by Crippen LogP contribution is -2.27. The first-order valence-corrected chi connectivity index (χ1v) is 11.3. The minimum Gasteiger partial charge on any atom is -0.360 e. The Labute approximate surface area is 182 Å². The number of rotatable bonds is 7. The Kier molecular flexibility index (Phi) is 6.25. The Bertz CT molecular complexity index is 1140. The summed E-state index contributed by atoms with van der Waals surface area (Å²) < 4.78 is 5.26. The Morgan fingerprint density at radius 3 is 2.90 bits per heavy atom. The van der Waals surface area contributed by atoms with Gasteiger partial charge in [-0.15, -0.1) is 23.1 Å². The largest absolute Gasteiger partial charge is 0.360 e. The summed E-state index contributed by atoms with van der Waals surface area (Å²) in [5.41, 5.74) is 3.31. The first kappa shape index (κ1) is 20.3. The normalized spacial score (nSPS) is 11.9. The highest BCUT2D eigenvalue weighted by atomic mass is 32.2. The lowest BCUT2D eigenvalue weighted by Gasteiger charge is -2.13. The number of aromatic nitrogens is 3. The molecule has 8 heteroatoms. The van der Waals surface area contributed by atoms with E-state index in [9.17, 15) is 4.79 Å². The fourth-order valence-electron chi connectivity index (χ4n) is 2.88. The van der Waals surface area contributed by atoms with Gasteiger partial charge in [0.15, 0.2) is 0 Å². The van der Waals surface area contributed by atoms with E-state index in [1.165, 1.54) is 11.3 Å². The van der Waals surface area contributed by atoms with Gasteiger partial charge in [-0.25, -0.2) is 4.98 Å². The third kappa shape index (κ3) is 4.77. The van der Waals surface area contributed by atoms with E-state index in [0.717, 1.165) is 32.6 Å². The smallest absolute Gasteiger partial charge is 0.252 e. The molecule has 0 saturated heterocycles. The topological polar surface area (TPSA) is 80.9 Å². The van der Waals surface area contributed by atoms with Crippen LogP contribution in [0.5, 0.6) is 0 Å². The highest BCUT2D eigenvalue weighted by Gasteiger charge is 2.18. The summed E-state index contributed by atoms with van der Waals surface area (Å²) in [7, 11) is 0. The van der Waals surface area contributed by atoms with Gasteiger partial charge < -0.3 is 9.84 Å². The predicted molar refractivity (Wildman–Crippen MR) is 118 cm³/mol. The van der Waals surface area contributed by atoms with E-state index in [1.807, 2.05) is 61.7 Å². The number of nitrogens with one attached hydrogen (secondary N) is 1. The highest BCUT2D eigenvalue weighted by molar-refractivity contribution is 7.98. The van der Waals surface area contributed by atoms with Crippen LogP contribution >= 0.6 is 23.1 Å². The lowest BCUT2D eigenvalue weighted by atomic mass is 10.2. The number of hydrogen-bond donors (Lipinski definition) is 1. The molecular weight excluding hydrogens is 416 g/mol. The first-order valence-electron chi connectivity index (χ1n) is 9.41. The van der Waals surface area contributed by atoms with Crippen LogP contribution in [0.15, 0.2) is 69.7 Å². The summed E-state index contributed by atoms with van der Waals surface area (Å²) in [6.07, 6.45) is 3.52. The van der Waals surface area contributed by atoms with Crippen LogP contribution in [0.25, 0.3) is 11.3 Å². The molecule has 1 unspecified atom stereocenters. The van der Waals surface area contributed by atoms with Gasteiger partial charge in [-0.1, -0.05) is 17.3 Å². The van der Waals surface area contributed by atoms with Gasteiger partial charge in [0, 0.05) is 34.3 Å². The zero-order valence-corrected chi connectivity index (χ0v) is 18.2. The summed E-state index contributed by atoms with van der Waals surface area (Å²) in [6.45, 7) is 3.83. The summed E-state index contributed by atoms with van der Waals surface area (Å²) in [5, 5.41) is 9.81. The fraction of sp³-hybridized carbons (Fsp3) is 0.182. The average molecular weight is 437 g/mol. The van der Waals surface area contributed by atoms with Crippen LogP contribution in [-0.4, -0.2) is 21.0 Å². The molecule has 1 N–H and O–H groups in total. The molecule has 0 aliphatic carbocycles. The van der Waals surface area contributed by atoms with Gasteiger partial charge in [0.25, 0.3) is 5.91 Å². The summed E-state index contributed by atoms with van der Waals surface area (Å²) in [6, 6.07) is 13.1. The second-order valence-corrected chi connectivity index (χ2v) is 8.63. The standard InChI is InChI=1S/C22H20N4O2S2/c1-14-10-17(28-26-14)12-29-20-8-4-3-7-18(20)21(27)24-15(2)22-25-19(13-30-22)16-6-5-9-23-11-16/h3-11,13,15H,12H2,1-2H3,(H,24,27). The van der Waals surface area contributed by atoms with E-state index in [1.54, 1.807) is 24.2 Å². The zero-order chi connectivity index (χ0) is 20.9. The van der Waals surface area contributed by atoms with E-state index < -0.39 is 0 Å². The molecule has 0 saturated carbocycles. The second-order valence-electron chi connectivity index (χ2n) is 6.73. The Balaban J connectivity index is 1.44. The molecule has 0 radical (unpaired) electrons. The molecule has 0 bridgehead atoms.